The van der Waals surface area contributed by atoms with Gasteiger partial charge in [-0.2, -0.15) is 0 Å². The number of nitrogen functional groups attached to an aromatic ring is 1. The van der Waals surface area contributed by atoms with Crippen molar-refractivity contribution in [1.29, 1.82) is 0 Å². The predicted molar refractivity (Wildman–Crippen MR) is 72.9 cm³/mol. The van der Waals surface area contributed by atoms with Gasteiger partial charge in [-0.15, -0.1) is 0 Å². The van der Waals surface area contributed by atoms with Gasteiger partial charge in [0.2, 0.25) is 0 Å². The van der Waals surface area contributed by atoms with E-state index in [4.69, 9.17) is 17.3 Å². The second-order valence-electron chi connectivity index (χ2n) is 5.00. The minimum Gasteiger partial charge on any atom is -0.382 e. The van der Waals surface area contributed by atoms with Gasteiger partial charge in [0, 0.05) is 32.2 Å². The van der Waals surface area contributed by atoms with Crippen LogP contribution >= 0.6 is 11.6 Å². The average Bonchev–Trinajstić information content (AvgIpc) is 3.17. The average molecular weight is 268 g/mol. The Morgan fingerprint density at radius 2 is 2.00 bits per heavy atom. The number of hydrogen-bond donors (Lipinski definition) is 1. The van der Waals surface area contributed by atoms with Crippen LogP contribution in [0.4, 0.5) is 11.6 Å². The first-order chi connectivity index (χ1) is 8.75. The molecule has 0 unspecified atom stereocenters. The topological polar surface area (TPSA) is 58.3 Å². The van der Waals surface area contributed by atoms with Crippen LogP contribution < -0.4 is 10.6 Å². The third-order valence-electron chi connectivity index (χ3n) is 3.69. The molecule has 5 nitrogen and oxygen atoms in total. The molecule has 2 fully saturated rings. The maximum Gasteiger partial charge on any atom is 0.153 e. The molecule has 1 saturated carbocycles. The van der Waals surface area contributed by atoms with Crippen LogP contribution in [0.2, 0.25) is 5.02 Å². The van der Waals surface area contributed by atoms with Gasteiger partial charge in [-0.25, -0.2) is 9.97 Å². The quantitative estimate of drug-likeness (QED) is 0.878. The summed E-state index contributed by atoms with van der Waals surface area (Å²) in [7, 11) is 0. The van der Waals surface area contributed by atoms with Gasteiger partial charge in [-0.3, -0.25) is 4.90 Å². The molecule has 18 heavy (non-hydrogen) atoms. The summed E-state index contributed by atoms with van der Waals surface area (Å²) in [5.74, 6) is 1.15. The first-order valence-corrected chi connectivity index (χ1v) is 6.88. The number of nitrogens with two attached hydrogens (primary N) is 1. The van der Waals surface area contributed by atoms with Crippen molar-refractivity contribution in [2.45, 2.75) is 25.3 Å². The lowest BCUT2D eigenvalue weighted by molar-refractivity contribution is 0.283. The summed E-state index contributed by atoms with van der Waals surface area (Å²) in [5, 5.41) is 0.484. The Labute approximate surface area is 112 Å². The first-order valence-electron chi connectivity index (χ1n) is 6.50. The molecule has 2 aliphatic rings. The van der Waals surface area contributed by atoms with E-state index in [0.29, 0.717) is 10.8 Å². The van der Waals surface area contributed by atoms with Crippen LogP contribution in [0.1, 0.15) is 19.3 Å². The summed E-state index contributed by atoms with van der Waals surface area (Å²) in [5.41, 5.74) is 5.73. The Morgan fingerprint density at radius 1 is 1.17 bits per heavy atom. The minimum atomic E-state index is 0.366. The lowest BCUT2D eigenvalue weighted by Crippen LogP contribution is -2.32. The van der Waals surface area contributed by atoms with Crippen molar-refractivity contribution < 1.29 is 0 Å². The van der Waals surface area contributed by atoms with Gasteiger partial charge in [-0.05, 0) is 19.3 Å². The van der Waals surface area contributed by atoms with Gasteiger partial charge in [0.1, 0.15) is 17.2 Å². The van der Waals surface area contributed by atoms with Crippen molar-refractivity contribution in [3.8, 4) is 0 Å². The van der Waals surface area contributed by atoms with E-state index in [-0.39, 0.29) is 0 Å². The van der Waals surface area contributed by atoms with Crippen molar-refractivity contribution in [2.24, 2.45) is 0 Å². The molecule has 0 atom stereocenters. The van der Waals surface area contributed by atoms with Crippen molar-refractivity contribution in [3.63, 3.8) is 0 Å². The molecule has 0 bridgehead atoms. The molecule has 0 spiro atoms. The molecule has 0 aromatic carbocycles. The molecule has 2 N–H and O–H groups in total. The van der Waals surface area contributed by atoms with Gasteiger partial charge in [0.25, 0.3) is 0 Å². The van der Waals surface area contributed by atoms with Crippen LogP contribution in [0, 0.1) is 0 Å². The van der Waals surface area contributed by atoms with Gasteiger partial charge in [0.15, 0.2) is 5.82 Å². The summed E-state index contributed by atoms with van der Waals surface area (Å²) in [4.78, 5) is 13.0. The lowest BCUT2D eigenvalue weighted by Gasteiger charge is -2.23. The Bertz CT molecular complexity index is 434. The van der Waals surface area contributed by atoms with Crippen molar-refractivity contribution in [1.82, 2.24) is 14.9 Å². The van der Waals surface area contributed by atoms with Gasteiger partial charge >= 0.3 is 0 Å². The van der Waals surface area contributed by atoms with E-state index < -0.39 is 0 Å². The van der Waals surface area contributed by atoms with Crippen LogP contribution in [0.25, 0.3) is 0 Å². The molecule has 0 radical (unpaired) electrons. The molecule has 3 rings (SSSR count). The highest BCUT2D eigenvalue weighted by Crippen LogP contribution is 2.30. The van der Waals surface area contributed by atoms with E-state index in [0.717, 1.165) is 37.9 Å². The molecule has 1 saturated heterocycles. The number of halogens is 1. The number of aromatic nitrogens is 2. The van der Waals surface area contributed by atoms with Crippen LogP contribution in [0.3, 0.4) is 0 Å². The number of hydrogen-bond acceptors (Lipinski definition) is 5. The van der Waals surface area contributed by atoms with Crippen LogP contribution in [0.5, 0.6) is 0 Å². The van der Waals surface area contributed by atoms with E-state index in [9.17, 15) is 0 Å². The molecular formula is C12H18ClN5. The van der Waals surface area contributed by atoms with Gasteiger partial charge in [-0.1, -0.05) is 11.6 Å². The zero-order valence-electron chi connectivity index (χ0n) is 10.3. The second-order valence-corrected chi connectivity index (χ2v) is 5.38. The SMILES string of the molecule is Nc1ncnc(N2CCCN(C3CC3)CC2)c1Cl. The van der Waals surface area contributed by atoms with Crippen molar-refractivity contribution in [2.75, 3.05) is 36.8 Å². The molecule has 2 heterocycles. The van der Waals surface area contributed by atoms with Crippen LogP contribution in [-0.4, -0.2) is 47.1 Å². The third kappa shape index (κ3) is 2.37. The Morgan fingerprint density at radius 3 is 2.78 bits per heavy atom. The van der Waals surface area contributed by atoms with Crippen LogP contribution in [-0.2, 0) is 0 Å². The molecule has 0 amide bonds. The van der Waals surface area contributed by atoms with Gasteiger partial charge < -0.3 is 10.6 Å². The van der Waals surface area contributed by atoms with E-state index in [1.165, 1.54) is 25.7 Å². The van der Waals surface area contributed by atoms with E-state index in [2.05, 4.69) is 19.8 Å². The summed E-state index contributed by atoms with van der Waals surface area (Å²) < 4.78 is 0. The maximum atomic E-state index is 6.19. The highest BCUT2D eigenvalue weighted by atomic mass is 35.5. The van der Waals surface area contributed by atoms with E-state index >= 15 is 0 Å². The summed E-state index contributed by atoms with van der Waals surface area (Å²) in [6.07, 6.45) is 5.36. The monoisotopic (exact) mass is 267 g/mol. The fourth-order valence-corrected chi connectivity index (χ4v) is 2.77. The third-order valence-corrected chi connectivity index (χ3v) is 4.05. The number of nitrogens with zero attached hydrogens (tertiary/aromatic N) is 4. The number of rotatable bonds is 2. The molecule has 1 aliphatic carbocycles. The predicted octanol–water partition coefficient (Wildman–Crippen LogP) is 1.39. The minimum absolute atomic E-state index is 0.366. The maximum absolute atomic E-state index is 6.19. The molecule has 6 heteroatoms. The Hall–Kier alpha value is -1.07. The number of anilines is 2. The molecule has 1 aromatic rings. The summed E-state index contributed by atoms with van der Waals surface area (Å²) in [6, 6.07) is 0.830. The lowest BCUT2D eigenvalue weighted by atomic mass is 10.3. The second kappa shape index (κ2) is 4.90. The zero-order valence-corrected chi connectivity index (χ0v) is 11.1. The molecule has 1 aromatic heterocycles. The van der Waals surface area contributed by atoms with Crippen molar-refractivity contribution in [3.05, 3.63) is 11.3 Å². The highest BCUT2D eigenvalue weighted by molar-refractivity contribution is 6.35. The molecular weight excluding hydrogens is 250 g/mol. The normalized spacial score (nSPS) is 21.9. The largest absolute Gasteiger partial charge is 0.382 e. The highest BCUT2D eigenvalue weighted by Gasteiger charge is 2.30. The molecule has 98 valence electrons. The first kappa shape index (κ1) is 12.0. The van der Waals surface area contributed by atoms with Crippen molar-refractivity contribution >= 4 is 23.2 Å². The van der Waals surface area contributed by atoms with E-state index in [1.54, 1.807) is 0 Å². The Balaban J connectivity index is 1.73. The summed E-state index contributed by atoms with van der Waals surface area (Å²) in [6.45, 7) is 4.22. The smallest absolute Gasteiger partial charge is 0.153 e. The summed E-state index contributed by atoms with van der Waals surface area (Å²) >= 11 is 6.19. The van der Waals surface area contributed by atoms with Gasteiger partial charge in [0.05, 0.1) is 0 Å². The zero-order chi connectivity index (χ0) is 12.5. The fourth-order valence-electron chi connectivity index (χ4n) is 2.55. The Kier molecular flexibility index (Phi) is 3.26. The van der Waals surface area contributed by atoms with E-state index in [1.807, 2.05) is 0 Å². The fraction of sp³-hybridized carbons (Fsp3) is 0.667. The molecule has 1 aliphatic heterocycles. The van der Waals surface area contributed by atoms with Crippen LogP contribution in [0.15, 0.2) is 6.33 Å². The standard InChI is InChI=1S/C12H18ClN5/c13-10-11(14)15-8-16-12(10)18-5-1-4-17(6-7-18)9-2-3-9/h8-9H,1-7H2,(H2,14,15,16).